The number of aliphatic carboxylic acids is 1. The second kappa shape index (κ2) is 5.65. The highest BCUT2D eigenvalue weighted by Gasteiger charge is 2.24. The maximum absolute atomic E-state index is 11.3. The second-order valence-electron chi connectivity index (χ2n) is 4.45. The molecule has 0 saturated heterocycles. The minimum absolute atomic E-state index is 0.480. The van der Waals surface area contributed by atoms with Gasteiger partial charge in [0.1, 0.15) is 0 Å². The summed E-state index contributed by atoms with van der Waals surface area (Å²) in [6.07, 6.45) is 3.59. The fourth-order valence-corrected chi connectivity index (χ4v) is 2.55. The van der Waals surface area contributed by atoms with Crippen LogP contribution in [-0.2, 0) is 4.79 Å². The number of hydrogen-bond acceptors (Lipinski definition) is 2. The summed E-state index contributed by atoms with van der Waals surface area (Å²) < 4.78 is 0.864. The van der Waals surface area contributed by atoms with Gasteiger partial charge >= 0.3 is 5.97 Å². The van der Waals surface area contributed by atoms with Gasteiger partial charge in [0.25, 0.3) is 0 Å². The number of hydrogen-bond donors (Lipinski definition) is 2. The van der Waals surface area contributed by atoms with Gasteiger partial charge in [0.05, 0.1) is 5.92 Å². The highest BCUT2D eigenvalue weighted by Crippen LogP contribution is 2.26. The molecule has 1 aliphatic rings. The van der Waals surface area contributed by atoms with Gasteiger partial charge in [-0.25, -0.2) is 0 Å². The summed E-state index contributed by atoms with van der Waals surface area (Å²) in [7, 11) is 0. The van der Waals surface area contributed by atoms with Crippen molar-refractivity contribution < 1.29 is 9.90 Å². The molecule has 0 spiro atoms. The van der Waals surface area contributed by atoms with E-state index in [1.165, 1.54) is 19.3 Å². The first-order valence-electron chi connectivity index (χ1n) is 5.89. The zero-order chi connectivity index (χ0) is 12.3. The van der Waals surface area contributed by atoms with Crippen molar-refractivity contribution in [2.75, 3.05) is 6.54 Å². The predicted molar refractivity (Wildman–Crippen MR) is 70.2 cm³/mol. The quantitative estimate of drug-likeness (QED) is 0.879. The summed E-state index contributed by atoms with van der Waals surface area (Å²) in [5.74, 6) is -1.25. The lowest BCUT2D eigenvalue weighted by Gasteiger charge is -2.28. The van der Waals surface area contributed by atoms with E-state index in [-0.39, 0.29) is 0 Å². The molecular formula is C13H16BrNO2. The third-order valence-corrected chi connectivity index (χ3v) is 4.02. The van der Waals surface area contributed by atoms with Crippen LogP contribution < -0.4 is 5.32 Å². The molecule has 1 atom stereocenters. The molecule has 0 heterocycles. The largest absolute Gasteiger partial charge is 0.481 e. The number of halogens is 1. The zero-order valence-corrected chi connectivity index (χ0v) is 11.1. The number of carbonyl (C=O) groups is 1. The van der Waals surface area contributed by atoms with Crippen molar-refractivity contribution >= 4 is 21.9 Å². The first-order valence-corrected chi connectivity index (χ1v) is 6.68. The maximum atomic E-state index is 11.3. The Balaban J connectivity index is 2.05. The molecule has 2 N–H and O–H groups in total. The molecule has 0 bridgehead atoms. The molecule has 1 aromatic carbocycles. The van der Waals surface area contributed by atoms with Crippen molar-refractivity contribution in [1.29, 1.82) is 0 Å². The van der Waals surface area contributed by atoms with E-state index in [1.807, 2.05) is 24.3 Å². The normalized spacial score (nSPS) is 17.5. The molecule has 0 aromatic heterocycles. The smallest absolute Gasteiger partial charge is 0.312 e. The van der Waals surface area contributed by atoms with Gasteiger partial charge in [0, 0.05) is 17.1 Å². The average molecular weight is 298 g/mol. The number of carboxylic acid groups (broad SMARTS) is 1. The molecule has 0 radical (unpaired) electrons. The fraction of sp³-hybridized carbons (Fsp3) is 0.462. The van der Waals surface area contributed by atoms with Gasteiger partial charge in [-0.3, -0.25) is 4.79 Å². The highest BCUT2D eigenvalue weighted by atomic mass is 79.9. The number of rotatable bonds is 5. The number of nitrogens with one attached hydrogen (secondary N) is 1. The van der Waals surface area contributed by atoms with Crippen molar-refractivity contribution in [3.8, 4) is 0 Å². The van der Waals surface area contributed by atoms with Crippen LogP contribution in [0.15, 0.2) is 28.7 Å². The summed E-state index contributed by atoms with van der Waals surface area (Å²) in [6.45, 7) is 0.503. The van der Waals surface area contributed by atoms with Crippen molar-refractivity contribution in [2.45, 2.75) is 31.2 Å². The van der Waals surface area contributed by atoms with E-state index in [0.29, 0.717) is 12.6 Å². The molecule has 17 heavy (non-hydrogen) atoms. The van der Waals surface area contributed by atoms with Crippen LogP contribution in [-0.4, -0.2) is 23.7 Å². The van der Waals surface area contributed by atoms with E-state index in [1.54, 1.807) is 0 Å². The van der Waals surface area contributed by atoms with Gasteiger partial charge < -0.3 is 10.4 Å². The van der Waals surface area contributed by atoms with E-state index in [0.717, 1.165) is 10.0 Å². The van der Waals surface area contributed by atoms with Crippen molar-refractivity contribution in [3.63, 3.8) is 0 Å². The summed E-state index contributed by atoms with van der Waals surface area (Å²) >= 11 is 3.41. The van der Waals surface area contributed by atoms with Gasteiger partial charge in [-0.1, -0.05) is 40.5 Å². The third-order valence-electron chi connectivity index (χ3n) is 3.29. The van der Waals surface area contributed by atoms with Gasteiger partial charge in [-0.05, 0) is 24.5 Å². The number of carboxylic acids is 1. The topological polar surface area (TPSA) is 49.3 Å². The average Bonchev–Trinajstić information content (AvgIpc) is 2.23. The Labute approximate surface area is 109 Å². The molecule has 1 saturated carbocycles. The fourth-order valence-electron chi connectivity index (χ4n) is 1.98. The third kappa shape index (κ3) is 3.07. The van der Waals surface area contributed by atoms with Crippen LogP contribution in [0.2, 0.25) is 0 Å². The highest BCUT2D eigenvalue weighted by molar-refractivity contribution is 9.10. The van der Waals surface area contributed by atoms with E-state index < -0.39 is 11.9 Å². The Morgan fingerprint density at radius 1 is 1.47 bits per heavy atom. The molecule has 0 aliphatic heterocycles. The van der Waals surface area contributed by atoms with Crippen LogP contribution in [0.3, 0.4) is 0 Å². The Kier molecular flexibility index (Phi) is 4.18. The molecule has 1 aromatic rings. The Hall–Kier alpha value is -0.870. The summed E-state index contributed by atoms with van der Waals surface area (Å²) in [5.41, 5.74) is 0.840. The Bertz CT molecular complexity index is 404. The van der Waals surface area contributed by atoms with Crippen LogP contribution in [0.5, 0.6) is 0 Å². The SMILES string of the molecule is O=C(O)C(CNC1CCC1)c1ccccc1Br. The molecular weight excluding hydrogens is 282 g/mol. The molecule has 1 unspecified atom stereocenters. The van der Waals surface area contributed by atoms with E-state index >= 15 is 0 Å². The molecule has 1 fully saturated rings. The van der Waals surface area contributed by atoms with Gasteiger partial charge in [0.15, 0.2) is 0 Å². The van der Waals surface area contributed by atoms with Gasteiger partial charge in [-0.15, -0.1) is 0 Å². The first-order chi connectivity index (χ1) is 8.18. The van der Waals surface area contributed by atoms with Crippen LogP contribution in [0.25, 0.3) is 0 Å². The molecule has 0 amide bonds. The summed E-state index contributed by atoms with van der Waals surface area (Å²) in [4.78, 5) is 11.3. The lowest BCUT2D eigenvalue weighted by atomic mass is 9.91. The van der Waals surface area contributed by atoms with E-state index in [4.69, 9.17) is 0 Å². The molecule has 1 aliphatic carbocycles. The van der Waals surface area contributed by atoms with Gasteiger partial charge in [-0.2, -0.15) is 0 Å². The molecule has 4 heteroatoms. The number of benzene rings is 1. The van der Waals surface area contributed by atoms with Crippen molar-refractivity contribution in [1.82, 2.24) is 5.32 Å². The van der Waals surface area contributed by atoms with Crippen molar-refractivity contribution in [2.24, 2.45) is 0 Å². The zero-order valence-electron chi connectivity index (χ0n) is 9.53. The lowest BCUT2D eigenvalue weighted by Crippen LogP contribution is -2.39. The Morgan fingerprint density at radius 2 is 2.18 bits per heavy atom. The van der Waals surface area contributed by atoms with Crippen molar-refractivity contribution in [3.05, 3.63) is 34.3 Å². The van der Waals surface area contributed by atoms with E-state index in [2.05, 4.69) is 21.2 Å². The van der Waals surface area contributed by atoms with Gasteiger partial charge in [0.2, 0.25) is 0 Å². The monoisotopic (exact) mass is 297 g/mol. The molecule has 2 rings (SSSR count). The van der Waals surface area contributed by atoms with Crippen LogP contribution in [0.4, 0.5) is 0 Å². The summed E-state index contributed by atoms with van der Waals surface area (Å²) in [5, 5.41) is 12.6. The summed E-state index contributed by atoms with van der Waals surface area (Å²) in [6, 6.07) is 8.03. The second-order valence-corrected chi connectivity index (χ2v) is 5.30. The van der Waals surface area contributed by atoms with Crippen LogP contribution >= 0.6 is 15.9 Å². The molecule has 92 valence electrons. The van der Waals surface area contributed by atoms with E-state index in [9.17, 15) is 9.90 Å². The standard InChI is InChI=1S/C13H16BrNO2/c14-12-7-2-1-6-10(12)11(13(16)17)8-15-9-4-3-5-9/h1-2,6-7,9,11,15H,3-5,8H2,(H,16,17). The predicted octanol–water partition coefficient (Wildman–Crippen LogP) is 2.76. The Morgan fingerprint density at radius 3 is 2.71 bits per heavy atom. The van der Waals surface area contributed by atoms with Crippen LogP contribution in [0.1, 0.15) is 30.7 Å². The van der Waals surface area contributed by atoms with Crippen LogP contribution in [0, 0.1) is 0 Å². The minimum atomic E-state index is -0.774. The minimum Gasteiger partial charge on any atom is -0.481 e. The maximum Gasteiger partial charge on any atom is 0.312 e. The first kappa shape index (κ1) is 12.6. The molecule has 3 nitrogen and oxygen atoms in total. The lowest BCUT2D eigenvalue weighted by molar-refractivity contribution is -0.138.